The Morgan fingerprint density at radius 3 is 2.83 bits per heavy atom. The number of aromatic nitrogens is 3. The molecule has 30 heavy (non-hydrogen) atoms. The minimum Gasteiger partial charge on any atom is -0.497 e. The number of halogens is 1. The van der Waals surface area contributed by atoms with Gasteiger partial charge in [-0.1, -0.05) is 11.6 Å². The van der Waals surface area contributed by atoms with E-state index in [-0.39, 0.29) is 5.56 Å². The largest absolute Gasteiger partial charge is 0.497 e. The van der Waals surface area contributed by atoms with Crippen LogP contribution in [0.1, 0.15) is 16.8 Å². The number of rotatable bonds is 4. The number of hydrogen-bond acceptors (Lipinski definition) is 4. The third kappa shape index (κ3) is 3.49. The highest BCUT2D eigenvalue weighted by Crippen LogP contribution is 2.26. The standard InChI is InChI=1S/C23H21ClN4O2/c1-30-17-6-7-20-18(10-17)15(11-25-20)12-28-9-8-21-19(13-28)23(29)27-22(26-21)14-2-4-16(24)5-3-14/h2-7,10-11,25H,8-9,12-13H2,1H3,(H,26,27,29). The predicted octanol–water partition coefficient (Wildman–Crippen LogP) is 4.14. The quantitative estimate of drug-likeness (QED) is 0.520. The van der Waals surface area contributed by atoms with Gasteiger partial charge in [-0.15, -0.1) is 0 Å². The Labute approximate surface area is 178 Å². The fourth-order valence-corrected chi connectivity index (χ4v) is 4.14. The molecule has 0 saturated carbocycles. The monoisotopic (exact) mass is 420 g/mol. The van der Waals surface area contributed by atoms with Gasteiger partial charge in [-0.25, -0.2) is 4.98 Å². The van der Waals surface area contributed by atoms with Crippen molar-refractivity contribution in [2.75, 3.05) is 13.7 Å². The van der Waals surface area contributed by atoms with E-state index in [1.165, 1.54) is 5.56 Å². The van der Waals surface area contributed by atoms with E-state index in [1.54, 1.807) is 19.2 Å². The van der Waals surface area contributed by atoms with Crippen molar-refractivity contribution in [2.45, 2.75) is 19.5 Å². The van der Waals surface area contributed by atoms with Crippen LogP contribution >= 0.6 is 11.6 Å². The van der Waals surface area contributed by atoms with Crippen molar-refractivity contribution in [3.05, 3.63) is 80.9 Å². The molecule has 3 heterocycles. The van der Waals surface area contributed by atoms with E-state index < -0.39 is 0 Å². The van der Waals surface area contributed by atoms with Gasteiger partial charge in [0.1, 0.15) is 11.6 Å². The molecule has 0 atom stereocenters. The van der Waals surface area contributed by atoms with E-state index in [4.69, 9.17) is 21.3 Å². The second-order valence-electron chi connectivity index (χ2n) is 7.53. The summed E-state index contributed by atoms with van der Waals surface area (Å²) in [6, 6.07) is 13.4. The van der Waals surface area contributed by atoms with Crippen molar-refractivity contribution >= 4 is 22.5 Å². The molecule has 4 aromatic rings. The minimum absolute atomic E-state index is 0.0738. The molecule has 0 bridgehead atoms. The number of fused-ring (bicyclic) bond motifs is 2. The molecule has 2 aromatic carbocycles. The topological polar surface area (TPSA) is 74.0 Å². The van der Waals surface area contributed by atoms with Crippen molar-refractivity contribution in [2.24, 2.45) is 0 Å². The van der Waals surface area contributed by atoms with E-state index >= 15 is 0 Å². The maximum atomic E-state index is 12.8. The molecular formula is C23H21ClN4O2. The summed E-state index contributed by atoms with van der Waals surface area (Å²) in [4.78, 5) is 26.1. The number of hydrogen-bond donors (Lipinski definition) is 2. The Morgan fingerprint density at radius 1 is 1.20 bits per heavy atom. The molecule has 1 aliphatic heterocycles. The molecule has 0 amide bonds. The van der Waals surface area contributed by atoms with Crippen molar-refractivity contribution < 1.29 is 4.74 Å². The average Bonchev–Trinajstić information content (AvgIpc) is 3.16. The Balaban J connectivity index is 1.40. The molecule has 6 nitrogen and oxygen atoms in total. The Bertz CT molecular complexity index is 1280. The number of aromatic amines is 2. The minimum atomic E-state index is -0.0738. The van der Waals surface area contributed by atoms with Crippen LogP contribution in [0.5, 0.6) is 5.75 Å². The number of benzene rings is 2. The van der Waals surface area contributed by atoms with Crippen molar-refractivity contribution in [3.8, 4) is 17.1 Å². The van der Waals surface area contributed by atoms with E-state index in [0.717, 1.165) is 53.0 Å². The first-order chi connectivity index (χ1) is 14.6. The first-order valence-electron chi connectivity index (χ1n) is 9.85. The lowest BCUT2D eigenvalue weighted by atomic mass is 10.0. The third-order valence-electron chi connectivity index (χ3n) is 5.63. The van der Waals surface area contributed by atoms with Crippen molar-refractivity contribution in [1.29, 1.82) is 0 Å². The highest BCUT2D eigenvalue weighted by Gasteiger charge is 2.22. The lowest BCUT2D eigenvalue weighted by Gasteiger charge is -2.27. The van der Waals surface area contributed by atoms with Crippen LogP contribution in [0.2, 0.25) is 5.02 Å². The fraction of sp³-hybridized carbons (Fsp3) is 0.217. The van der Waals surface area contributed by atoms with Gasteiger partial charge in [-0.2, -0.15) is 0 Å². The number of H-pyrrole nitrogens is 2. The van der Waals surface area contributed by atoms with Gasteiger partial charge >= 0.3 is 0 Å². The summed E-state index contributed by atoms with van der Waals surface area (Å²) in [5.41, 5.74) is 4.67. The van der Waals surface area contributed by atoms with Crippen molar-refractivity contribution in [1.82, 2.24) is 19.9 Å². The molecule has 152 valence electrons. The molecule has 0 unspecified atom stereocenters. The second kappa shape index (κ2) is 7.63. The summed E-state index contributed by atoms with van der Waals surface area (Å²) in [6.07, 6.45) is 2.78. The van der Waals surface area contributed by atoms with Crippen LogP contribution in [0.15, 0.2) is 53.5 Å². The van der Waals surface area contributed by atoms with Crippen molar-refractivity contribution in [3.63, 3.8) is 0 Å². The SMILES string of the molecule is COc1ccc2[nH]cc(CN3CCc4nc(-c5ccc(Cl)cc5)[nH]c(=O)c4C3)c2c1. The second-order valence-corrected chi connectivity index (χ2v) is 7.97. The van der Waals surface area contributed by atoms with Gasteiger partial charge in [0.2, 0.25) is 0 Å². The highest BCUT2D eigenvalue weighted by atomic mass is 35.5. The molecular weight excluding hydrogens is 400 g/mol. The first kappa shape index (κ1) is 18.9. The van der Waals surface area contributed by atoms with E-state index in [2.05, 4.69) is 14.9 Å². The average molecular weight is 421 g/mol. The van der Waals surface area contributed by atoms with Crippen LogP contribution in [0.3, 0.4) is 0 Å². The lowest BCUT2D eigenvalue weighted by Crippen LogP contribution is -2.35. The first-order valence-corrected chi connectivity index (χ1v) is 10.2. The zero-order valence-corrected chi connectivity index (χ0v) is 17.3. The molecule has 2 N–H and O–H groups in total. The summed E-state index contributed by atoms with van der Waals surface area (Å²) in [5.74, 6) is 1.43. The molecule has 0 aliphatic carbocycles. The highest BCUT2D eigenvalue weighted by molar-refractivity contribution is 6.30. The number of methoxy groups -OCH3 is 1. The van der Waals surface area contributed by atoms with Crippen LogP contribution in [-0.4, -0.2) is 33.5 Å². The molecule has 0 fully saturated rings. The van der Waals surface area contributed by atoms with Gasteiger partial charge in [-0.3, -0.25) is 9.69 Å². The van der Waals surface area contributed by atoms with Gasteiger partial charge in [0.15, 0.2) is 0 Å². The van der Waals surface area contributed by atoms with Crippen LogP contribution in [0.25, 0.3) is 22.3 Å². The fourth-order valence-electron chi connectivity index (χ4n) is 4.02. The summed E-state index contributed by atoms with van der Waals surface area (Å²) >= 11 is 5.97. The maximum absolute atomic E-state index is 12.8. The van der Waals surface area contributed by atoms with Gasteiger partial charge in [-0.05, 0) is 48.0 Å². The summed E-state index contributed by atoms with van der Waals surface area (Å²) in [5, 5.41) is 1.80. The van der Waals surface area contributed by atoms with Gasteiger partial charge in [0, 0.05) is 53.7 Å². The zero-order valence-electron chi connectivity index (χ0n) is 16.5. The van der Waals surface area contributed by atoms with Gasteiger partial charge in [0.05, 0.1) is 18.4 Å². The van der Waals surface area contributed by atoms with Gasteiger partial charge < -0.3 is 14.7 Å². The van der Waals surface area contributed by atoms with E-state index in [0.29, 0.717) is 17.4 Å². The normalized spacial score (nSPS) is 14.1. The molecule has 5 rings (SSSR count). The van der Waals surface area contributed by atoms with Crippen LogP contribution in [0.4, 0.5) is 0 Å². The Hall–Kier alpha value is -3.09. The summed E-state index contributed by atoms with van der Waals surface area (Å²) in [7, 11) is 1.67. The summed E-state index contributed by atoms with van der Waals surface area (Å²) < 4.78 is 5.36. The van der Waals surface area contributed by atoms with E-state index in [1.807, 2.05) is 36.5 Å². The lowest BCUT2D eigenvalue weighted by molar-refractivity contribution is 0.242. The Kier molecular flexibility index (Phi) is 4.81. The smallest absolute Gasteiger partial charge is 0.255 e. The van der Waals surface area contributed by atoms with Gasteiger partial charge in [0.25, 0.3) is 5.56 Å². The predicted molar refractivity (Wildman–Crippen MR) is 118 cm³/mol. The van der Waals surface area contributed by atoms with Crippen LogP contribution in [-0.2, 0) is 19.5 Å². The molecule has 1 aliphatic rings. The number of ether oxygens (including phenoxy) is 1. The zero-order chi connectivity index (χ0) is 20.7. The molecule has 0 radical (unpaired) electrons. The molecule has 0 saturated heterocycles. The molecule has 2 aromatic heterocycles. The Morgan fingerprint density at radius 2 is 2.03 bits per heavy atom. The third-order valence-corrected chi connectivity index (χ3v) is 5.89. The molecule has 0 spiro atoms. The van der Waals surface area contributed by atoms with Crippen LogP contribution in [0, 0.1) is 0 Å². The van der Waals surface area contributed by atoms with E-state index in [9.17, 15) is 4.79 Å². The summed E-state index contributed by atoms with van der Waals surface area (Å²) in [6.45, 7) is 2.18. The van der Waals surface area contributed by atoms with Crippen LogP contribution < -0.4 is 10.3 Å². The number of nitrogens with one attached hydrogen (secondary N) is 2. The number of nitrogens with zero attached hydrogens (tertiary/aromatic N) is 2. The maximum Gasteiger partial charge on any atom is 0.255 e. The molecule has 7 heteroatoms.